The summed E-state index contributed by atoms with van der Waals surface area (Å²) in [7, 11) is 1.63. The number of rotatable bonds is 9. The van der Waals surface area contributed by atoms with Gasteiger partial charge in [0.15, 0.2) is 11.5 Å². The zero-order valence-corrected chi connectivity index (χ0v) is 18.7. The number of hydrogen-bond acceptors (Lipinski definition) is 4. The van der Waals surface area contributed by atoms with Crippen molar-refractivity contribution in [2.24, 2.45) is 5.92 Å². The van der Waals surface area contributed by atoms with Crippen LogP contribution in [0, 0.1) is 5.92 Å². The van der Waals surface area contributed by atoms with Gasteiger partial charge >= 0.3 is 0 Å². The van der Waals surface area contributed by atoms with Crippen molar-refractivity contribution in [2.45, 2.75) is 27.0 Å². The summed E-state index contributed by atoms with van der Waals surface area (Å²) in [6.07, 6.45) is 0. The summed E-state index contributed by atoms with van der Waals surface area (Å²) in [6.45, 7) is 4.80. The summed E-state index contributed by atoms with van der Waals surface area (Å²) < 4.78 is 11.4. The molecule has 5 nitrogen and oxygen atoms in total. The molecule has 0 spiro atoms. The Bertz CT molecular complexity index is 1000. The number of halogens is 1. The fourth-order valence-electron chi connectivity index (χ4n) is 2.85. The Morgan fingerprint density at radius 3 is 2.19 bits per heavy atom. The van der Waals surface area contributed by atoms with Crippen LogP contribution in [0.25, 0.3) is 0 Å². The summed E-state index contributed by atoms with van der Waals surface area (Å²) in [5.74, 6) is 1.32. The normalized spacial score (nSPS) is 10.6. The van der Waals surface area contributed by atoms with E-state index in [9.17, 15) is 4.79 Å². The highest BCUT2D eigenvalue weighted by molar-refractivity contribution is 6.30. The average Bonchev–Trinajstić information content (AvgIpc) is 2.78. The van der Waals surface area contributed by atoms with Crippen LogP contribution in [0.4, 0.5) is 11.4 Å². The van der Waals surface area contributed by atoms with E-state index >= 15 is 0 Å². The Morgan fingerprint density at radius 2 is 1.55 bits per heavy atom. The predicted octanol–water partition coefficient (Wildman–Crippen LogP) is 6.13. The molecular formula is C25H27ClN2O3. The van der Waals surface area contributed by atoms with E-state index in [1.54, 1.807) is 7.11 Å². The molecule has 162 valence electrons. The van der Waals surface area contributed by atoms with Gasteiger partial charge in [0.25, 0.3) is 0 Å². The van der Waals surface area contributed by atoms with E-state index in [0.717, 1.165) is 22.5 Å². The van der Waals surface area contributed by atoms with Crippen LogP contribution in [-0.2, 0) is 17.9 Å². The highest BCUT2D eigenvalue weighted by atomic mass is 35.5. The molecule has 0 aromatic heterocycles. The molecule has 3 aromatic carbocycles. The van der Waals surface area contributed by atoms with Gasteiger partial charge in [0, 0.05) is 28.9 Å². The second kappa shape index (κ2) is 10.7. The van der Waals surface area contributed by atoms with E-state index in [0.29, 0.717) is 29.7 Å². The number of amides is 1. The average molecular weight is 439 g/mol. The van der Waals surface area contributed by atoms with E-state index in [1.807, 2.05) is 80.6 Å². The molecule has 1 amide bonds. The summed E-state index contributed by atoms with van der Waals surface area (Å²) in [4.78, 5) is 11.8. The number of benzene rings is 3. The molecule has 0 aliphatic carbocycles. The number of nitrogens with one attached hydrogen (secondary N) is 2. The van der Waals surface area contributed by atoms with Crippen molar-refractivity contribution in [2.75, 3.05) is 17.7 Å². The molecule has 2 N–H and O–H groups in total. The molecule has 3 aromatic rings. The van der Waals surface area contributed by atoms with Crippen molar-refractivity contribution in [3.05, 3.63) is 82.9 Å². The molecule has 0 unspecified atom stereocenters. The van der Waals surface area contributed by atoms with E-state index < -0.39 is 0 Å². The predicted molar refractivity (Wildman–Crippen MR) is 126 cm³/mol. The Labute approximate surface area is 188 Å². The molecule has 0 radical (unpaired) electrons. The number of hydrogen-bond donors (Lipinski definition) is 2. The van der Waals surface area contributed by atoms with Crippen LogP contribution in [-0.4, -0.2) is 13.0 Å². The molecule has 3 rings (SSSR count). The van der Waals surface area contributed by atoms with Gasteiger partial charge in [-0.3, -0.25) is 4.79 Å². The lowest BCUT2D eigenvalue weighted by molar-refractivity contribution is -0.118. The van der Waals surface area contributed by atoms with Gasteiger partial charge in [-0.1, -0.05) is 43.6 Å². The molecule has 0 aliphatic heterocycles. The molecule has 0 heterocycles. The summed E-state index contributed by atoms with van der Waals surface area (Å²) >= 11 is 5.92. The summed E-state index contributed by atoms with van der Waals surface area (Å²) in [5.41, 5.74) is 3.84. The fourth-order valence-corrected chi connectivity index (χ4v) is 2.97. The molecule has 0 fully saturated rings. The zero-order valence-electron chi connectivity index (χ0n) is 17.9. The molecule has 0 saturated carbocycles. The number of anilines is 2. The molecule has 0 aliphatic rings. The van der Waals surface area contributed by atoms with E-state index in [-0.39, 0.29) is 11.8 Å². The number of carbonyl (C=O) groups excluding carboxylic acids is 1. The number of carbonyl (C=O) groups is 1. The lowest BCUT2D eigenvalue weighted by Crippen LogP contribution is -2.17. The second-order valence-corrected chi connectivity index (χ2v) is 7.91. The molecule has 31 heavy (non-hydrogen) atoms. The van der Waals surface area contributed by atoms with Crippen molar-refractivity contribution in [1.29, 1.82) is 0 Å². The number of methoxy groups -OCH3 is 1. The van der Waals surface area contributed by atoms with Crippen LogP contribution < -0.4 is 20.1 Å². The maximum absolute atomic E-state index is 11.8. The molecular weight excluding hydrogens is 412 g/mol. The number of ether oxygens (including phenoxy) is 2. The maximum atomic E-state index is 11.8. The molecule has 0 bridgehead atoms. The Morgan fingerprint density at radius 1 is 0.903 bits per heavy atom. The minimum absolute atomic E-state index is 0.00572. The van der Waals surface area contributed by atoms with E-state index in [4.69, 9.17) is 21.1 Å². The van der Waals surface area contributed by atoms with Crippen LogP contribution in [0.2, 0.25) is 5.02 Å². The van der Waals surface area contributed by atoms with Crippen molar-refractivity contribution in [1.82, 2.24) is 0 Å². The third-order valence-electron chi connectivity index (χ3n) is 4.71. The molecule has 0 atom stereocenters. The van der Waals surface area contributed by atoms with E-state index in [2.05, 4.69) is 10.6 Å². The van der Waals surface area contributed by atoms with Crippen LogP contribution in [0.5, 0.6) is 11.5 Å². The first kappa shape index (κ1) is 22.5. The highest BCUT2D eigenvalue weighted by Crippen LogP contribution is 2.29. The molecule has 6 heteroatoms. The van der Waals surface area contributed by atoms with Gasteiger partial charge in [0.1, 0.15) is 6.61 Å². The zero-order chi connectivity index (χ0) is 22.2. The van der Waals surface area contributed by atoms with Gasteiger partial charge in [0.05, 0.1) is 7.11 Å². The van der Waals surface area contributed by atoms with Gasteiger partial charge in [-0.05, 0) is 59.7 Å². The smallest absolute Gasteiger partial charge is 0.226 e. The quantitative estimate of drug-likeness (QED) is 0.421. The minimum atomic E-state index is -0.0501. The second-order valence-electron chi connectivity index (χ2n) is 7.48. The van der Waals surface area contributed by atoms with Crippen LogP contribution >= 0.6 is 11.6 Å². The summed E-state index contributed by atoms with van der Waals surface area (Å²) in [6, 6.07) is 21.1. The minimum Gasteiger partial charge on any atom is -0.493 e. The first-order valence-electron chi connectivity index (χ1n) is 10.1. The van der Waals surface area contributed by atoms with Gasteiger partial charge in [-0.15, -0.1) is 0 Å². The third-order valence-corrected chi connectivity index (χ3v) is 4.96. The van der Waals surface area contributed by atoms with E-state index in [1.165, 1.54) is 0 Å². The summed E-state index contributed by atoms with van der Waals surface area (Å²) in [5, 5.41) is 6.96. The lowest BCUT2D eigenvalue weighted by atomic mass is 10.2. The Kier molecular flexibility index (Phi) is 7.79. The Hall–Kier alpha value is -3.18. The van der Waals surface area contributed by atoms with Crippen LogP contribution in [0.15, 0.2) is 66.7 Å². The first-order valence-corrected chi connectivity index (χ1v) is 10.5. The highest BCUT2D eigenvalue weighted by Gasteiger charge is 2.08. The van der Waals surface area contributed by atoms with Crippen molar-refractivity contribution < 1.29 is 14.3 Å². The SMILES string of the molecule is COc1cc(CNc2ccc(NC(=O)C(C)C)cc2)ccc1OCc1ccc(Cl)cc1. The maximum Gasteiger partial charge on any atom is 0.226 e. The fraction of sp³-hybridized carbons (Fsp3) is 0.240. The van der Waals surface area contributed by atoms with Gasteiger partial charge < -0.3 is 20.1 Å². The topological polar surface area (TPSA) is 59.6 Å². The van der Waals surface area contributed by atoms with Crippen molar-refractivity contribution >= 4 is 28.9 Å². The van der Waals surface area contributed by atoms with Crippen molar-refractivity contribution in [3.8, 4) is 11.5 Å². The monoisotopic (exact) mass is 438 g/mol. The Balaban J connectivity index is 1.57. The standard InChI is InChI=1S/C25H27ClN2O3/c1-17(2)25(29)28-22-11-9-21(10-12-22)27-15-19-6-13-23(24(14-19)30-3)31-16-18-4-7-20(26)8-5-18/h4-14,17,27H,15-16H2,1-3H3,(H,28,29). The largest absolute Gasteiger partial charge is 0.493 e. The van der Waals surface area contributed by atoms with Gasteiger partial charge in [-0.2, -0.15) is 0 Å². The van der Waals surface area contributed by atoms with Crippen LogP contribution in [0.3, 0.4) is 0 Å². The van der Waals surface area contributed by atoms with Gasteiger partial charge in [0.2, 0.25) is 5.91 Å². The van der Waals surface area contributed by atoms with Crippen LogP contribution in [0.1, 0.15) is 25.0 Å². The first-order chi connectivity index (χ1) is 14.9. The lowest BCUT2D eigenvalue weighted by Gasteiger charge is -2.13. The molecule has 0 saturated heterocycles. The van der Waals surface area contributed by atoms with Crippen molar-refractivity contribution in [3.63, 3.8) is 0 Å². The van der Waals surface area contributed by atoms with Gasteiger partial charge in [-0.25, -0.2) is 0 Å². The third kappa shape index (κ3) is 6.66.